The first kappa shape index (κ1) is 12.1. The highest BCUT2D eigenvalue weighted by Gasteiger charge is 2.19. The maximum absolute atomic E-state index is 13.7. The molecule has 0 aliphatic carbocycles. The number of likely N-dealkylation sites (tertiary alicyclic amines) is 1. The van der Waals surface area contributed by atoms with E-state index in [2.05, 4.69) is 17.9 Å². The molecule has 2 nitrogen and oxygen atoms in total. The molecule has 0 radical (unpaired) electrons. The van der Waals surface area contributed by atoms with Crippen molar-refractivity contribution in [3.05, 3.63) is 35.1 Å². The van der Waals surface area contributed by atoms with Crippen LogP contribution in [0.1, 0.15) is 37.3 Å². The van der Waals surface area contributed by atoms with Gasteiger partial charge < -0.3 is 0 Å². The molecule has 0 bridgehead atoms. The number of piperidine rings is 1. The van der Waals surface area contributed by atoms with Gasteiger partial charge >= 0.3 is 0 Å². The fraction of sp³-hybridized carbons (Fsp3) is 0.500. The number of rotatable bonds is 2. The third-order valence-electron chi connectivity index (χ3n) is 3.49. The highest BCUT2D eigenvalue weighted by atomic mass is 19.1. The van der Waals surface area contributed by atoms with Gasteiger partial charge in [-0.15, -0.1) is 0 Å². The minimum Gasteiger partial charge on any atom is -0.296 e. The van der Waals surface area contributed by atoms with Gasteiger partial charge in [-0.05, 0) is 44.5 Å². The largest absolute Gasteiger partial charge is 0.296 e. The van der Waals surface area contributed by atoms with Crippen molar-refractivity contribution in [2.24, 2.45) is 0 Å². The zero-order chi connectivity index (χ0) is 12.3. The maximum Gasteiger partial charge on any atom is 0.127 e. The van der Waals surface area contributed by atoms with E-state index >= 15 is 0 Å². The molecule has 1 fully saturated rings. The molecule has 1 unspecified atom stereocenters. The molecule has 2 rings (SSSR count). The minimum atomic E-state index is -0.207. The van der Waals surface area contributed by atoms with Crippen LogP contribution in [0.3, 0.4) is 0 Å². The molecule has 0 aromatic heterocycles. The Kier molecular flexibility index (Phi) is 3.75. The molecule has 1 saturated heterocycles. The van der Waals surface area contributed by atoms with E-state index in [0.29, 0.717) is 23.7 Å². The van der Waals surface area contributed by atoms with E-state index in [4.69, 9.17) is 5.26 Å². The van der Waals surface area contributed by atoms with Gasteiger partial charge in [-0.25, -0.2) is 4.39 Å². The first-order valence-electron chi connectivity index (χ1n) is 6.13. The summed E-state index contributed by atoms with van der Waals surface area (Å²) in [4.78, 5) is 2.29. The molecule has 0 amide bonds. The molecule has 0 spiro atoms. The van der Waals surface area contributed by atoms with E-state index in [1.54, 1.807) is 6.07 Å². The Morgan fingerprint density at radius 1 is 1.47 bits per heavy atom. The Balaban J connectivity index is 2.14. The SMILES string of the molecule is CC1CCCCN1Cc1cc(C#N)ccc1F. The van der Waals surface area contributed by atoms with Crippen LogP contribution in [0.25, 0.3) is 0 Å². The highest BCUT2D eigenvalue weighted by Crippen LogP contribution is 2.20. The molecular weight excluding hydrogens is 215 g/mol. The summed E-state index contributed by atoms with van der Waals surface area (Å²) in [6, 6.07) is 7.15. The lowest BCUT2D eigenvalue weighted by Crippen LogP contribution is -2.37. The van der Waals surface area contributed by atoms with E-state index in [9.17, 15) is 4.39 Å². The zero-order valence-corrected chi connectivity index (χ0v) is 10.1. The van der Waals surface area contributed by atoms with Crippen molar-refractivity contribution in [1.29, 1.82) is 5.26 Å². The van der Waals surface area contributed by atoms with E-state index in [-0.39, 0.29) is 5.82 Å². The number of benzene rings is 1. The topological polar surface area (TPSA) is 27.0 Å². The van der Waals surface area contributed by atoms with Crippen LogP contribution in [-0.2, 0) is 6.54 Å². The minimum absolute atomic E-state index is 0.207. The normalized spacial score (nSPS) is 21.1. The van der Waals surface area contributed by atoms with Gasteiger partial charge in [0.15, 0.2) is 0 Å². The van der Waals surface area contributed by atoms with Gasteiger partial charge in [-0.2, -0.15) is 5.26 Å². The summed E-state index contributed by atoms with van der Waals surface area (Å²) in [5.74, 6) is -0.207. The predicted molar refractivity (Wildman–Crippen MR) is 64.8 cm³/mol. The zero-order valence-electron chi connectivity index (χ0n) is 10.1. The second-order valence-electron chi connectivity index (χ2n) is 4.73. The molecule has 3 heteroatoms. The first-order chi connectivity index (χ1) is 8.20. The second-order valence-corrected chi connectivity index (χ2v) is 4.73. The van der Waals surface area contributed by atoms with Crippen molar-refractivity contribution in [3.63, 3.8) is 0 Å². The Morgan fingerprint density at radius 2 is 2.29 bits per heavy atom. The van der Waals surface area contributed by atoms with Crippen LogP contribution in [0, 0.1) is 17.1 Å². The van der Waals surface area contributed by atoms with Crippen molar-refractivity contribution >= 4 is 0 Å². The van der Waals surface area contributed by atoms with Crippen molar-refractivity contribution < 1.29 is 4.39 Å². The molecule has 0 saturated carbocycles. The van der Waals surface area contributed by atoms with Crippen molar-refractivity contribution in [2.75, 3.05) is 6.54 Å². The quantitative estimate of drug-likeness (QED) is 0.783. The average molecular weight is 232 g/mol. The molecule has 90 valence electrons. The van der Waals surface area contributed by atoms with E-state index in [0.717, 1.165) is 6.54 Å². The Labute approximate surface area is 102 Å². The molecule has 1 aliphatic heterocycles. The molecule has 1 aromatic carbocycles. The van der Waals surface area contributed by atoms with Crippen LogP contribution < -0.4 is 0 Å². The summed E-state index contributed by atoms with van der Waals surface area (Å²) in [5.41, 5.74) is 1.17. The van der Waals surface area contributed by atoms with Crippen molar-refractivity contribution in [2.45, 2.75) is 38.8 Å². The monoisotopic (exact) mass is 232 g/mol. The maximum atomic E-state index is 13.7. The third kappa shape index (κ3) is 2.83. The Hall–Kier alpha value is -1.40. The summed E-state index contributed by atoms with van der Waals surface area (Å²) in [6.07, 6.45) is 3.63. The summed E-state index contributed by atoms with van der Waals surface area (Å²) >= 11 is 0. The van der Waals surface area contributed by atoms with Gasteiger partial charge in [0.1, 0.15) is 5.82 Å². The number of hydrogen-bond acceptors (Lipinski definition) is 2. The third-order valence-corrected chi connectivity index (χ3v) is 3.49. The van der Waals surface area contributed by atoms with Gasteiger partial charge in [0.25, 0.3) is 0 Å². The van der Waals surface area contributed by atoms with Crippen LogP contribution in [0.5, 0.6) is 0 Å². The summed E-state index contributed by atoms with van der Waals surface area (Å²) in [7, 11) is 0. The van der Waals surface area contributed by atoms with Gasteiger partial charge in [-0.1, -0.05) is 6.42 Å². The lowest BCUT2D eigenvalue weighted by atomic mass is 10.0. The van der Waals surface area contributed by atoms with Gasteiger partial charge in [0, 0.05) is 18.2 Å². The standard InChI is InChI=1S/C14H17FN2/c1-11-4-2-3-7-17(11)10-13-8-12(9-16)5-6-14(13)15/h5-6,8,11H,2-4,7,10H2,1H3. The fourth-order valence-corrected chi connectivity index (χ4v) is 2.38. The van der Waals surface area contributed by atoms with Gasteiger partial charge in [-0.3, -0.25) is 4.90 Å². The van der Waals surface area contributed by atoms with Crippen molar-refractivity contribution in [3.8, 4) is 6.07 Å². The molecule has 0 N–H and O–H groups in total. The van der Waals surface area contributed by atoms with Gasteiger partial charge in [0.05, 0.1) is 11.6 Å². The van der Waals surface area contributed by atoms with Crippen LogP contribution in [0.4, 0.5) is 4.39 Å². The van der Waals surface area contributed by atoms with Crippen LogP contribution in [0.2, 0.25) is 0 Å². The lowest BCUT2D eigenvalue weighted by molar-refractivity contribution is 0.151. The number of nitriles is 1. The van der Waals surface area contributed by atoms with Crippen LogP contribution >= 0.6 is 0 Å². The van der Waals surface area contributed by atoms with Crippen LogP contribution in [-0.4, -0.2) is 17.5 Å². The second kappa shape index (κ2) is 5.29. The number of halogens is 1. The molecule has 1 aromatic rings. The highest BCUT2D eigenvalue weighted by molar-refractivity contribution is 5.33. The molecule has 1 heterocycles. The smallest absolute Gasteiger partial charge is 0.127 e. The summed E-state index contributed by atoms with van der Waals surface area (Å²) in [5, 5.41) is 8.82. The fourth-order valence-electron chi connectivity index (χ4n) is 2.38. The Morgan fingerprint density at radius 3 is 3.00 bits per heavy atom. The van der Waals surface area contributed by atoms with Crippen LogP contribution in [0.15, 0.2) is 18.2 Å². The molecule has 17 heavy (non-hydrogen) atoms. The number of hydrogen-bond donors (Lipinski definition) is 0. The summed E-state index contributed by atoms with van der Waals surface area (Å²) < 4.78 is 13.7. The average Bonchev–Trinajstić information content (AvgIpc) is 2.35. The number of nitrogens with zero attached hydrogens (tertiary/aromatic N) is 2. The van der Waals surface area contributed by atoms with Crippen molar-refractivity contribution in [1.82, 2.24) is 4.90 Å². The van der Waals surface area contributed by atoms with E-state index in [1.807, 2.05) is 0 Å². The molecule has 1 atom stereocenters. The summed E-state index contributed by atoms with van der Waals surface area (Å²) in [6.45, 7) is 3.82. The van der Waals surface area contributed by atoms with E-state index in [1.165, 1.54) is 31.4 Å². The predicted octanol–water partition coefficient (Wildman–Crippen LogP) is 3.07. The molecular formula is C14H17FN2. The van der Waals surface area contributed by atoms with E-state index < -0.39 is 0 Å². The molecule has 1 aliphatic rings. The first-order valence-corrected chi connectivity index (χ1v) is 6.13. The van der Waals surface area contributed by atoms with Gasteiger partial charge in [0.2, 0.25) is 0 Å². The lowest BCUT2D eigenvalue weighted by Gasteiger charge is -2.33. The Bertz CT molecular complexity index is 436.